The summed E-state index contributed by atoms with van der Waals surface area (Å²) in [6.07, 6.45) is 3.21. The quantitative estimate of drug-likeness (QED) is 0.501. The number of ketones is 2. The number of aromatic nitrogens is 1. The van der Waals surface area contributed by atoms with Crippen LogP contribution in [-0.2, 0) is 0 Å². The summed E-state index contributed by atoms with van der Waals surface area (Å²) in [5, 5.41) is 10.6. The van der Waals surface area contributed by atoms with E-state index in [2.05, 4.69) is 4.98 Å². The standard InChI is InChI=1S/C9H4N2O4/c12-6-1-2-7(13)9-8(6)5(11(14)15)3-4-10-9/h1-4H. The maximum atomic E-state index is 11.4. The molecular formula is C9H4N2O4. The molecule has 0 spiro atoms. The summed E-state index contributed by atoms with van der Waals surface area (Å²) in [5.74, 6) is -1.06. The number of hydrogen-bond donors (Lipinski definition) is 0. The third kappa shape index (κ3) is 1.32. The molecule has 0 unspecified atom stereocenters. The van der Waals surface area contributed by atoms with Gasteiger partial charge < -0.3 is 0 Å². The first kappa shape index (κ1) is 9.20. The van der Waals surface area contributed by atoms with Crippen LogP contribution in [0.1, 0.15) is 20.8 Å². The van der Waals surface area contributed by atoms with E-state index in [1.807, 2.05) is 0 Å². The van der Waals surface area contributed by atoms with E-state index in [0.717, 1.165) is 24.4 Å². The summed E-state index contributed by atoms with van der Waals surface area (Å²) in [7, 11) is 0. The average Bonchev–Trinajstić information content (AvgIpc) is 2.23. The molecule has 1 aromatic heterocycles. The lowest BCUT2D eigenvalue weighted by molar-refractivity contribution is -0.385. The number of hydrogen-bond acceptors (Lipinski definition) is 5. The van der Waals surface area contributed by atoms with Crippen LogP contribution in [0.15, 0.2) is 24.4 Å². The zero-order valence-electron chi connectivity index (χ0n) is 7.34. The molecule has 0 aliphatic heterocycles. The second kappa shape index (κ2) is 3.09. The minimum absolute atomic E-state index is 0.156. The van der Waals surface area contributed by atoms with Gasteiger partial charge >= 0.3 is 0 Å². The molecule has 0 atom stereocenters. The lowest BCUT2D eigenvalue weighted by Crippen LogP contribution is -2.15. The van der Waals surface area contributed by atoms with Crippen LogP contribution in [0.2, 0.25) is 0 Å². The van der Waals surface area contributed by atoms with Crippen molar-refractivity contribution >= 4 is 17.3 Å². The molecule has 0 saturated heterocycles. The fraction of sp³-hybridized carbons (Fsp3) is 0. The van der Waals surface area contributed by atoms with Crippen LogP contribution < -0.4 is 0 Å². The van der Waals surface area contributed by atoms with Crippen molar-refractivity contribution in [3.8, 4) is 0 Å². The highest BCUT2D eigenvalue weighted by atomic mass is 16.6. The van der Waals surface area contributed by atoms with Crippen molar-refractivity contribution < 1.29 is 14.5 Å². The Morgan fingerprint density at radius 2 is 1.87 bits per heavy atom. The van der Waals surface area contributed by atoms with Crippen molar-refractivity contribution in [1.29, 1.82) is 0 Å². The van der Waals surface area contributed by atoms with Gasteiger partial charge in [-0.15, -0.1) is 0 Å². The SMILES string of the molecule is O=C1C=CC(=O)c2c([N+](=O)[O-])ccnc21. The van der Waals surface area contributed by atoms with Gasteiger partial charge in [-0.25, -0.2) is 0 Å². The van der Waals surface area contributed by atoms with E-state index in [1.54, 1.807) is 0 Å². The van der Waals surface area contributed by atoms with Crippen LogP contribution in [0, 0.1) is 10.1 Å². The summed E-state index contributed by atoms with van der Waals surface area (Å²) in [6, 6.07) is 1.10. The van der Waals surface area contributed by atoms with Gasteiger partial charge in [-0.05, 0) is 12.2 Å². The number of carbonyl (C=O) groups excluding carboxylic acids is 2. The highest BCUT2D eigenvalue weighted by Gasteiger charge is 2.29. The van der Waals surface area contributed by atoms with Crippen molar-refractivity contribution in [2.75, 3.05) is 0 Å². The number of allylic oxidation sites excluding steroid dienone is 2. The van der Waals surface area contributed by atoms with E-state index in [-0.39, 0.29) is 16.9 Å². The Kier molecular flexibility index (Phi) is 1.89. The Labute approximate surface area is 83.4 Å². The van der Waals surface area contributed by atoms with Crippen molar-refractivity contribution in [3.05, 3.63) is 45.8 Å². The van der Waals surface area contributed by atoms with Crippen LogP contribution >= 0.6 is 0 Å². The fourth-order valence-electron chi connectivity index (χ4n) is 1.35. The molecule has 0 fully saturated rings. The maximum absolute atomic E-state index is 11.4. The molecule has 0 bridgehead atoms. The van der Waals surface area contributed by atoms with E-state index in [0.29, 0.717) is 0 Å². The predicted octanol–water partition coefficient (Wildman–Crippen LogP) is 0.925. The van der Waals surface area contributed by atoms with E-state index in [1.165, 1.54) is 0 Å². The lowest BCUT2D eigenvalue weighted by Gasteiger charge is -2.06. The number of fused-ring (bicyclic) bond motifs is 1. The molecule has 74 valence electrons. The van der Waals surface area contributed by atoms with Gasteiger partial charge in [-0.2, -0.15) is 0 Å². The van der Waals surface area contributed by atoms with Crippen molar-refractivity contribution in [3.63, 3.8) is 0 Å². The monoisotopic (exact) mass is 204 g/mol. The predicted molar refractivity (Wildman–Crippen MR) is 48.7 cm³/mol. The second-order valence-electron chi connectivity index (χ2n) is 2.87. The van der Waals surface area contributed by atoms with Gasteiger partial charge in [0.25, 0.3) is 5.69 Å². The third-order valence-corrected chi connectivity index (χ3v) is 1.99. The van der Waals surface area contributed by atoms with Gasteiger partial charge in [-0.1, -0.05) is 0 Å². The van der Waals surface area contributed by atoms with Crippen LogP contribution in [0.3, 0.4) is 0 Å². The summed E-state index contributed by atoms with van der Waals surface area (Å²) in [4.78, 5) is 36.2. The zero-order valence-corrected chi connectivity index (χ0v) is 7.34. The van der Waals surface area contributed by atoms with Crippen molar-refractivity contribution in [2.24, 2.45) is 0 Å². The van der Waals surface area contributed by atoms with Crippen molar-refractivity contribution in [2.45, 2.75) is 0 Å². The van der Waals surface area contributed by atoms with Crippen LogP contribution in [0.25, 0.3) is 0 Å². The van der Waals surface area contributed by atoms with E-state index >= 15 is 0 Å². The molecule has 0 saturated carbocycles. The van der Waals surface area contributed by atoms with Gasteiger partial charge in [0.2, 0.25) is 5.78 Å². The highest BCUT2D eigenvalue weighted by molar-refractivity contribution is 6.22. The smallest absolute Gasteiger partial charge is 0.284 e. The van der Waals surface area contributed by atoms with Crippen LogP contribution in [0.4, 0.5) is 5.69 Å². The van der Waals surface area contributed by atoms with E-state index in [4.69, 9.17) is 0 Å². The number of carbonyl (C=O) groups is 2. The molecule has 0 N–H and O–H groups in total. The highest BCUT2D eigenvalue weighted by Crippen LogP contribution is 2.24. The number of rotatable bonds is 1. The Morgan fingerprint density at radius 1 is 1.20 bits per heavy atom. The Balaban J connectivity index is 2.76. The van der Waals surface area contributed by atoms with Gasteiger partial charge in [-0.3, -0.25) is 24.7 Å². The van der Waals surface area contributed by atoms with Gasteiger partial charge in [0.05, 0.1) is 4.92 Å². The molecule has 0 aromatic carbocycles. The zero-order chi connectivity index (χ0) is 11.0. The lowest BCUT2D eigenvalue weighted by atomic mass is 9.98. The van der Waals surface area contributed by atoms with Gasteiger partial charge in [0, 0.05) is 12.3 Å². The third-order valence-electron chi connectivity index (χ3n) is 1.99. The molecule has 2 rings (SSSR count). The van der Waals surface area contributed by atoms with E-state index < -0.39 is 16.5 Å². The van der Waals surface area contributed by atoms with Crippen LogP contribution in [0.5, 0.6) is 0 Å². The molecular weight excluding hydrogens is 200 g/mol. The number of nitrogens with zero attached hydrogens (tertiary/aromatic N) is 2. The minimum atomic E-state index is -0.704. The topological polar surface area (TPSA) is 90.2 Å². The molecule has 1 aromatic rings. The second-order valence-corrected chi connectivity index (χ2v) is 2.87. The molecule has 15 heavy (non-hydrogen) atoms. The molecule has 0 amide bonds. The minimum Gasteiger partial charge on any atom is -0.289 e. The first-order valence-corrected chi connectivity index (χ1v) is 4.01. The molecule has 6 heteroatoms. The summed E-state index contributed by atoms with van der Waals surface area (Å²) >= 11 is 0. The molecule has 1 aliphatic carbocycles. The average molecular weight is 204 g/mol. The Morgan fingerprint density at radius 3 is 2.53 bits per heavy atom. The Bertz CT molecular complexity index is 519. The van der Waals surface area contributed by atoms with Crippen molar-refractivity contribution in [1.82, 2.24) is 4.98 Å². The molecule has 1 heterocycles. The largest absolute Gasteiger partial charge is 0.289 e. The first-order chi connectivity index (χ1) is 7.11. The molecule has 0 radical (unpaired) electrons. The van der Waals surface area contributed by atoms with Gasteiger partial charge in [0.15, 0.2) is 5.78 Å². The normalized spacial score (nSPS) is 13.9. The summed E-state index contributed by atoms with van der Waals surface area (Å²) in [5.41, 5.74) is -0.769. The molecule has 6 nitrogen and oxygen atoms in total. The Hall–Kier alpha value is -2.37. The van der Waals surface area contributed by atoms with Gasteiger partial charge in [0.1, 0.15) is 11.3 Å². The number of nitro groups is 1. The fourth-order valence-corrected chi connectivity index (χ4v) is 1.35. The molecule has 1 aliphatic rings. The summed E-state index contributed by atoms with van der Waals surface area (Å²) in [6.45, 7) is 0. The number of pyridine rings is 1. The first-order valence-electron chi connectivity index (χ1n) is 4.01. The van der Waals surface area contributed by atoms with Crippen LogP contribution in [-0.4, -0.2) is 21.5 Å². The summed E-state index contributed by atoms with van der Waals surface area (Å²) < 4.78 is 0. The maximum Gasteiger partial charge on any atom is 0.284 e. The van der Waals surface area contributed by atoms with E-state index in [9.17, 15) is 19.7 Å².